The van der Waals surface area contributed by atoms with E-state index in [-0.39, 0.29) is 0 Å². The maximum Gasteiger partial charge on any atom is 0.142 e. The summed E-state index contributed by atoms with van der Waals surface area (Å²) in [7, 11) is 1.66. The molecule has 4 rings (SSSR count). The maximum absolute atomic E-state index is 6.24. The third-order valence-electron chi connectivity index (χ3n) is 4.15. The summed E-state index contributed by atoms with van der Waals surface area (Å²) in [5, 5.41) is 2.64. The minimum Gasteiger partial charge on any atom is -0.497 e. The smallest absolute Gasteiger partial charge is 0.142 e. The predicted molar refractivity (Wildman–Crippen MR) is 118 cm³/mol. The first kappa shape index (κ1) is 20.2. The van der Waals surface area contributed by atoms with Crippen molar-refractivity contribution in [3.05, 3.63) is 65.4 Å². The Morgan fingerprint density at radius 1 is 1.00 bits per heavy atom. The van der Waals surface area contributed by atoms with Crippen molar-refractivity contribution >= 4 is 34.4 Å². The number of hydrogen-bond acceptors (Lipinski definition) is 4. The highest BCUT2D eigenvalue weighted by atomic mass is 35.5. The molecular formula is C22H22ClN3OS. The van der Waals surface area contributed by atoms with E-state index in [0.717, 1.165) is 48.5 Å². The monoisotopic (exact) mass is 411 g/mol. The normalized spacial score (nSPS) is 10.5. The fourth-order valence-corrected chi connectivity index (χ4v) is 3.82. The summed E-state index contributed by atoms with van der Waals surface area (Å²) >= 11 is 7.82. The van der Waals surface area contributed by atoms with Gasteiger partial charge in [-0.3, -0.25) is 0 Å². The topological polar surface area (TPSA) is 50.8 Å². The average Bonchev–Trinajstić information content (AvgIpc) is 3.18. The van der Waals surface area contributed by atoms with E-state index in [2.05, 4.69) is 27.1 Å². The lowest BCUT2D eigenvalue weighted by Gasteiger charge is -2.04. The van der Waals surface area contributed by atoms with Gasteiger partial charge in [0.15, 0.2) is 0 Å². The second-order valence-corrected chi connectivity index (χ2v) is 7.34. The van der Waals surface area contributed by atoms with Crippen LogP contribution in [-0.4, -0.2) is 22.1 Å². The van der Waals surface area contributed by atoms with Crippen LogP contribution >= 0.6 is 23.4 Å². The van der Waals surface area contributed by atoms with Crippen molar-refractivity contribution in [2.45, 2.75) is 30.7 Å². The van der Waals surface area contributed by atoms with E-state index in [1.165, 1.54) is 0 Å². The predicted octanol–water partition coefficient (Wildman–Crippen LogP) is 6.77. The molecule has 4 nitrogen and oxygen atoms in total. The van der Waals surface area contributed by atoms with Gasteiger partial charge in [-0.15, -0.1) is 0 Å². The van der Waals surface area contributed by atoms with Gasteiger partial charge in [0.2, 0.25) is 0 Å². The summed E-state index contributed by atoms with van der Waals surface area (Å²) in [5.74, 6) is 0.831. The number of methoxy groups -OCH3 is 1. The second-order valence-electron chi connectivity index (χ2n) is 5.87. The molecule has 0 amide bonds. The van der Waals surface area contributed by atoms with Crippen molar-refractivity contribution in [3.8, 4) is 17.0 Å². The van der Waals surface area contributed by atoms with Crippen molar-refractivity contribution < 1.29 is 4.74 Å². The fraction of sp³-hybridized carbons (Fsp3) is 0.182. The molecule has 0 atom stereocenters. The SMILES string of the molecule is CC.COc1ccc(-c2cc3c(Sc4ccc(C)c(Cl)c4)ncnc3[nH]2)cc1. The first-order valence-electron chi connectivity index (χ1n) is 9.06. The molecule has 0 unspecified atom stereocenters. The van der Waals surface area contributed by atoms with Gasteiger partial charge in [0.1, 0.15) is 22.7 Å². The number of H-pyrrole nitrogens is 1. The highest BCUT2D eigenvalue weighted by molar-refractivity contribution is 7.99. The van der Waals surface area contributed by atoms with Gasteiger partial charge in [-0.25, -0.2) is 9.97 Å². The van der Waals surface area contributed by atoms with Gasteiger partial charge < -0.3 is 9.72 Å². The van der Waals surface area contributed by atoms with Crippen molar-refractivity contribution in [2.24, 2.45) is 0 Å². The number of benzene rings is 2. The molecule has 0 saturated heterocycles. The van der Waals surface area contributed by atoms with Gasteiger partial charge in [0.25, 0.3) is 0 Å². The van der Waals surface area contributed by atoms with Crippen LogP contribution in [0.15, 0.2) is 64.8 Å². The van der Waals surface area contributed by atoms with Crippen LogP contribution in [0.1, 0.15) is 19.4 Å². The van der Waals surface area contributed by atoms with Crippen LogP contribution in [0, 0.1) is 6.92 Å². The second kappa shape index (κ2) is 9.13. The molecule has 2 aromatic carbocycles. The molecule has 4 aromatic rings. The summed E-state index contributed by atoms with van der Waals surface area (Å²) in [4.78, 5) is 13.2. The Kier molecular flexibility index (Phi) is 6.60. The molecule has 0 fully saturated rings. The number of aromatic nitrogens is 3. The van der Waals surface area contributed by atoms with Crippen molar-refractivity contribution in [3.63, 3.8) is 0 Å². The molecule has 0 aliphatic carbocycles. The highest BCUT2D eigenvalue weighted by Gasteiger charge is 2.11. The quantitative estimate of drug-likeness (QED) is 0.376. The van der Waals surface area contributed by atoms with Gasteiger partial charge in [0, 0.05) is 15.6 Å². The Morgan fingerprint density at radius 2 is 1.75 bits per heavy atom. The van der Waals surface area contributed by atoms with Crippen LogP contribution < -0.4 is 4.74 Å². The third kappa shape index (κ3) is 4.32. The first-order chi connectivity index (χ1) is 13.6. The molecule has 1 N–H and O–H groups in total. The molecule has 0 saturated carbocycles. The average molecular weight is 412 g/mol. The summed E-state index contributed by atoms with van der Waals surface area (Å²) in [5.41, 5.74) is 3.93. The molecule has 0 spiro atoms. The zero-order valence-corrected chi connectivity index (χ0v) is 17.9. The fourth-order valence-electron chi connectivity index (χ4n) is 2.67. The van der Waals surface area contributed by atoms with E-state index in [4.69, 9.17) is 16.3 Å². The number of rotatable bonds is 4. The van der Waals surface area contributed by atoms with E-state index >= 15 is 0 Å². The molecular weight excluding hydrogens is 390 g/mol. The lowest BCUT2D eigenvalue weighted by atomic mass is 10.1. The molecule has 6 heteroatoms. The number of fused-ring (bicyclic) bond motifs is 1. The summed E-state index contributed by atoms with van der Waals surface area (Å²) in [6, 6.07) is 16.0. The Morgan fingerprint density at radius 3 is 2.43 bits per heavy atom. The Balaban J connectivity index is 0.00000109. The number of nitrogens with one attached hydrogen (secondary N) is 1. The standard InChI is InChI=1S/C20H16ClN3OS.C2H6/c1-12-3-8-15(9-17(12)21)26-20-16-10-18(24-19(16)22-11-23-20)13-4-6-14(25-2)7-5-13;1-2/h3-11H,1-2H3,(H,22,23,24);1-2H3. The van der Waals surface area contributed by atoms with E-state index in [0.29, 0.717) is 0 Å². The lowest BCUT2D eigenvalue weighted by Crippen LogP contribution is -1.85. The number of aryl methyl sites for hydroxylation is 1. The molecule has 2 heterocycles. The van der Waals surface area contributed by atoms with Crippen LogP contribution in [0.5, 0.6) is 5.75 Å². The van der Waals surface area contributed by atoms with E-state index in [9.17, 15) is 0 Å². The highest BCUT2D eigenvalue weighted by Crippen LogP contribution is 2.35. The molecule has 0 radical (unpaired) electrons. The molecule has 2 aromatic heterocycles. The number of nitrogens with zero attached hydrogens (tertiary/aromatic N) is 2. The van der Waals surface area contributed by atoms with Crippen LogP contribution in [0.2, 0.25) is 5.02 Å². The molecule has 144 valence electrons. The van der Waals surface area contributed by atoms with E-state index in [1.54, 1.807) is 25.2 Å². The van der Waals surface area contributed by atoms with Crippen molar-refractivity contribution in [1.29, 1.82) is 0 Å². The summed E-state index contributed by atoms with van der Waals surface area (Å²) in [6.07, 6.45) is 1.58. The van der Waals surface area contributed by atoms with Crippen LogP contribution in [0.25, 0.3) is 22.3 Å². The van der Waals surface area contributed by atoms with E-state index < -0.39 is 0 Å². The third-order valence-corrected chi connectivity index (χ3v) is 5.56. The van der Waals surface area contributed by atoms with E-state index in [1.807, 2.05) is 57.2 Å². The zero-order valence-electron chi connectivity index (χ0n) is 16.3. The first-order valence-corrected chi connectivity index (χ1v) is 10.3. The minimum absolute atomic E-state index is 0.758. The lowest BCUT2D eigenvalue weighted by molar-refractivity contribution is 0.415. The Hall–Kier alpha value is -2.50. The van der Waals surface area contributed by atoms with Crippen LogP contribution in [-0.2, 0) is 0 Å². The number of halogens is 1. The molecule has 0 bridgehead atoms. The summed E-state index contributed by atoms with van der Waals surface area (Å²) < 4.78 is 5.22. The maximum atomic E-state index is 6.24. The zero-order chi connectivity index (χ0) is 20.1. The van der Waals surface area contributed by atoms with Crippen molar-refractivity contribution in [1.82, 2.24) is 15.0 Å². The van der Waals surface area contributed by atoms with Crippen LogP contribution in [0.3, 0.4) is 0 Å². The van der Waals surface area contributed by atoms with Crippen LogP contribution in [0.4, 0.5) is 0 Å². The molecule has 0 aliphatic heterocycles. The largest absolute Gasteiger partial charge is 0.497 e. The van der Waals surface area contributed by atoms with Gasteiger partial charge in [0.05, 0.1) is 12.5 Å². The molecule has 28 heavy (non-hydrogen) atoms. The van der Waals surface area contributed by atoms with Gasteiger partial charge in [-0.2, -0.15) is 0 Å². The Labute approximate surface area is 174 Å². The van der Waals surface area contributed by atoms with Gasteiger partial charge >= 0.3 is 0 Å². The number of ether oxygens (including phenoxy) is 1. The number of aromatic amines is 1. The van der Waals surface area contributed by atoms with Gasteiger partial charge in [-0.05, 0) is 60.5 Å². The molecule has 0 aliphatic rings. The van der Waals surface area contributed by atoms with Crippen molar-refractivity contribution in [2.75, 3.05) is 7.11 Å². The summed E-state index contributed by atoms with van der Waals surface area (Å²) in [6.45, 7) is 5.99. The Bertz CT molecular complexity index is 1080. The van der Waals surface area contributed by atoms with Gasteiger partial charge in [-0.1, -0.05) is 43.3 Å². The number of hydrogen-bond donors (Lipinski definition) is 1. The minimum atomic E-state index is 0.758.